The number of hydrogen-bond donors (Lipinski definition) is 2. The van der Waals surface area contributed by atoms with E-state index in [2.05, 4.69) is 26.1 Å². The van der Waals surface area contributed by atoms with Gasteiger partial charge in [-0.1, -0.05) is 0 Å². The Hall–Kier alpha value is -1.27. The Balaban J connectivity index is 2.11. The summed E-state index contributed by atoms with van der Waals surface area (Å²) >= 11 is 3.36. The van der Waals surface area contributed by atoms with E-state index in [0.717, 1.165) is 36.3 Å². The molecule has 0 bridgehead atoms. The van der Waals surface area contributed by atoms with Crippen LogP contribution < -0.4 is 15.0 Å². The van der Waals surface area contributed by atoms with Gasteiger partial charge in [0.05, 0.1) is 4.47 Å². The number of nitrogens with zero attached hydrogens (tertiary/aromatic N) is 1. The molecule has 0 radical (unpaired) electrons. The van der Waals surface area contributed by atoms with Gasteiger partial charge in [0.25, 0.3) is 0 Å². The van der Waals surface area contributed by atoms with Crippen LogP contribution in [0.25, 0.3) is 0 Å². The van der Waals surface area contributed by atoms with Crippen molar-refractivity contribution in [3.63, 3.8) is 0 Å². The summed E-state index contributed by atoms with van der Waals surface area (Å²) in [7, 11) is 0. The highest BCUT2D eigenvalue weighted by Gasteiger charge is 2.13. The lowest BCUT2D eigenvalue weighted by Gasteiger charge is -2.29. The Morgan fingerprint density at radius 1 is 1.44 bits per heavy atom. The first-order valence-corrected chi connectivity index (χ1v) is 6.56. The van der Waals surface area contributed by atoms with Crippen LogP contribution >= 0.6 is 15.9 Å². The number of hydrogen-bond acceptors (Lipinski definition) is 4. The van der Waals surface area contributed by atoms with Crippen molar-refractivity contribution in [2.24, 2.45) is 0 Å². The zero-order valence-electron chi connectivity index (χ0n) is 9.86. The monoisotopic (exact) mass is 314 g/mol. The van der Waals surface area contributed by atoms with Gasteiger partial charge in [0, 0.05) is 37.9 Å². The molecule has 0 aliphatic carbocycles. The van der Waals surface area contributed by atoms with Crippen LogP contribution in [-0.4, -0.2) is 43.9 Å². The van der Waals surface area contributed by atoms with Gasteiger partial charge in [0.1, 0.15) is 5.75 Å². The highest BCUT2D eigenvalue weighted by molar-refractivity contribution is 9.10. The summed E-state index contributed by atoms with van der Waals surface area (Å²) in [6, 6.07) is 5.76. The molecule has 0 unspecified atom stereocenters. The van der Waals surface area contributed by atoms with Crippen LogP contribution in [0.1, 0.15) is 0 Å². The Morgan fingerprint density at radius 3 is 2.83 bits per heavy atom. The number of nitrogens with one attached hydrogen (secondary N) is 1. The second kappa shape index (κ2) is 6.06. The van der Waals surface area contributed by atoms with Gasteiger partial charge in [-0.3, -0.25) is 0 Å². The molecule has 1 aliphatic rings. The maximum Gasteiger partial charge on any atom is 0.341 e. The summed E-state index contributed by atoms with van der Waals surface area (Å²) in [6.45, 7) is 3.48. The third-order valence-electron chi connectivity index (χ3n) is 2.75. The number of anilines is 1. The van der Waals surface area contributed by atoms with Gasteiger partial charge in [-0.2, -0.15) is 0 Å². The average Bonchev–Trinajstić information content (AvgIpc) is 2.38. The van der Waals surface area contributed by atoms with Crippen molar-refractivity contribution in [2.45, 2.75) is 0 Å². The number of rotatable bonds is 4. The first kappa shape index (κ1) is 13.2. The topological polar surface area (TPSA) is 61.8 Å². The molecule has 1 saturated heterocycles. The number of halogens is 1. The second-order valence-electron chi connectivity index (χ2n) is 4.03. The van der Waals surface area contributed by atoms with Crippen molar-refractivity contribution in [1.82, 2.24) is 5.32 Å². The quantitative estimate of drug-likeness (QED) is 0.877. The van der Waals surface area contributed by atoms with Crippen LogP contribution in [0.3, 0.4) is 0 Å². The van der Waals surface area contributed by atoms with E-state index in [-0.39, 0.29) is 6.61 Å². The first-order chi connectivity index (χ1) is 8.66. The molecule has 0 saturated carbocycles. The third kappa shape index (κ3) is 3.36. The van der Waals surface area contributed by atoms with Crippen LogP contribution in [-0.2, 0) is 4.79 Å². The van der Waals surface area contributed by atoms with Crippen molar-refractivity contribution in [1.29, 1.82) is 0 Å². The molecule has 2 rings (SSSR count). The molecule has 1 fully saturated rings. The minimum atomic E-state index is -0.977. The predicted molar refractivity (Wildman–Crippen MR) is 72.4 cm³/mol. The Bertz CT molecular complexity index is 433. The van der Waals surface area contributed by atoms with Crippen LogP contribution in [0, 0.1) is 0 Å². The second-order valence-corrected chi connectivity index (χ2v) is 4.89. The number of carboxylic acids is 1. The summed E-state index contributed by atoms with van der Waals surface area (Å²) < 4.78 is 6.01. The van der Waals surface area contributed by atoms with Gasteiger partial charge in [0.2, 0.25) is 0 Å². The predicted octanol–water partition coefficient (Wildman–Crippen LogP) is 1.32. The van der Waals surface area contributed by atoms with Gasteiger partial charge in [0.15, 0.2) is 6.61 Å². The molecule has 2 N–H and O–H groups in total. The van der Waals surface area contributed by atoms with E-state index in [1.54, 1.807) is 0 Å². The third-order valence-corrected chi connectivity index (χ3v) is 3.40. The maximum absolute atomic E-state index is 10.5. The van der Waals surface area contributed by atoms with Crippen molar-refractivity contribution in [3.05, 3.63) is 22.7 Å². The van der Waals surface area contributed by atoms with E-state index in [9.17, 15) is 4.79 Å². The lowest BCUT2D eigenvalue weighted by molar-refractivity contribution is -0.139. The molecule has 0 spiro atoms. The molecule has 1 aliphatic heterocycles. The molecule has 18 heavy (non-hydrogen) atoms. The summed E-state index contributed by atoms with van der Waals surface area (Å²) in [5.74, 6) is -0.414. The fraction of sp³-hybridized carbons (Fsp3) is 0.417. The van der Waals surface area contributed by atoms with Gasteiger partial charge in [-0.05, 0) is 28.1 Å². The molecular weight excluding hydrogens is 300 g/mol. The van der Waals surface area contributed by atoms with Gasteiger partial charge < -0.3 is 20.1 Å². The minimum Gasteiger partial charge on any atom is -0.481 e. The molecule has 0 aromatic heterocycles. The van der Waals surface area contributed by atoms with Crippen molar-refractivity contribution < 1.29 is 14.6 Å². The number of piperazine rings is 1. The number of ether oxygens (including phenoxy) is 1. The summed E-state index contributed by atoms with van der Waals surface area (Å²) in [4.78, 5) is 12.8. The van der Waals surface area contributed by atoms with Gasteiger partial charge in [-0.15, -0.1) is 0 Å². The lowest BCUT2D eigenvalue weighted by Crippen LogP contribution is -2.43. The summed E-state index contributed by atoms with van der Waals surface area (Å²) in [5, 5.41) is 11.9. The highest BCUT2D eigenvalue weighted by Crippen LogP contribution is 2.30. The van der Waals surface area contributed by atoms with Crippen molar-refractivity contribution in [2.75, 3.05) is 37.7 Å². The summed E-state index contributed by atoms with van der Waals surface area (Å²) in [5.41, 5.74) is 1.06. The molecule has 0 amide bonds. The molecule has 0 atom stereocenters. The smallest absolute Gasteiger partial charge is 0.341 e. The highest BCUT2D eigenvalue weighted by atomic mass is 79.9. The van der Waals surface area contributed by atoms with E-state index >= 15 is 0 Å². The Kier molecular flexibility index (Phi) is 4.43. The minimum absolute atomic E-state index is 0.330. The van der Waals surface area contributed by atoms with Crippen LogP contribution in [0.15, 0.2) is 22.7 Å². The van der Waals surface area contributed by atoms with E-state index in [1.165, 1.54) is 0 Å². The molecular formula is C12H15BrN2O3. The zero-order valence-corrected chi connectivity index (χ0v) is 11.4. The van der Waals surface area contributed by atoms with E-state index in [1.807, 2.05) is 18.2 Å². The van der Waals surface area contributed by atoms with E-state index in [0.29, 0.717) is 5.75 Å². The SMILES string of the molecule is O=C(O)COc1cc(N2CCNCC2)ccc1Br. The maximum atomic E-state index is 10.5. The molecule has 1 aromatic rings. The standard InChI is InChI=1S/C12H15BrN2O3/c13-10-2-1-9(15-5-3-14-4-6-15)7-11(10)18-8-12(16)17/h1-2,7,14H,3-6,8H2,(H,16,17). The number of aliphatic carboxylic acids is 1. The molecule has 1 aromatic carbocycles. The van der Waals surface area contributed by atoms with Crippen molar-refractivity contribution in [3.8, 4) is 5.75 Å². The summed E-state index contributed by atoms with van der Waals surface area (Å²) in [6.07, 6.45) is 0. The number of carboxylic acid groups (broad SMARTS) is 1. The molecule has 6 heteroatoms. The largest absolute Gasteiger partial charge is 0.481 e. The van der Waals surface area contributed by atoms with Gasteiger partial charge in [-0.25, -0.2) is 4.79 Å². The Labute approximate surface area is 114 Å². The average molecular weight is 315 g/mol. The molecule has 98 valence electrons. The van der Waals surface area contributed by atoms with Crippen molar-refractivity contribution >= 4 is 27.6 Å². The fourth-order valence-corrected chi connectivity index (χ4v) is 2.22. The zero-order chi connectivity index (χ0) is 13.0. The molecule has 5 nitrogen and oxygen atoms in total. The number of carbonyl (C=O) groups is 1. The van der Waals surface area contributed by atoms with Crippen LogP contribution in [0.4, 0.5) is 5.69 Å². The fourth-order valence-electron chi connectivity index (χ4n) is 1.86. The first-order valence-electron chi connectivity index (χ1n) is 5.76. The van der Waals surface area contributed by atoms with Crippen LogP contribution in [0.2, 0.25) is 0 Å². The van der Waals surface area contributed by atoms with Crippen LogP contribution in [0.5, 0.6) is 5.75 Å². The molecule has 1 heterocycles. The normalized spacial score (nSPS) is 15.5. The lowest BCUT2D eigenvalue weighted by atomic mass is 10.2. The number of benzene rings is 1. The van der Waals surface area contributed by atoms with E-state index < -0.39 is 5.97 Å². The van der Waals surface area contributed by atoms with Gasteiger partial charge >= 0.3 is 5.97 Å². The Morgan fingerprint density at radius 2 is 2.17 bits per heavy atom. The van der Waals surface area contributed by atoms with E-state index in [4.69, 9.17) is 9.84 Å².